The number of nitrogens with two attached hydrogens (primary N) is 1. The number of hydrogen-bond donors (Lipinski definition) is 1. The fourth-order valence-corrected chi connectivity index (χ4v) is 3.61. The molecule has 0 aliphatic carbocycles. The van der Waals surface area contributed by atoms with Gasteiger partial charge in [-0.1, -0.05) is 25.1 Å². The standard InChI is InChI=1S/C17H25N3O/c1-12-10-19(8-7-15(12)18)11-17(21)20-13(2)9-14-5-3-4-6-16(14)20/h3-6,12-13,15H,7-11,18H2,1-2H3. The minimum absolute atomic E-state index is 0.218. The topological polar surface area (TPSA) is 49.6 Å². The van der Waals surface area contributed by atoms with E-state index >= 15 is 0 Å². The van der Waals surface area contributed by atoms with E-state index < -0.39 is 0 Å². The Morgan fingerprint density at radius 2 is 2.10 bits per heavy atom. The first-order valence-electron chi connectivity index (χ1n) is 7.94. The number of likely N-dealkylation sites (tertiary alicyclic amines) is 1. The molecule has 0 aromatic heterocycles. The molecule has 4 nitrogen and oxygen atoms in total. The molecule has 0 bridgehead atoms. The number of carbonyl (C=O) groups is 1. The molecule has 0 radical (unpaired) electrons. The van der Waals surface area contributed by atoms with Gasteiger partial charge >= 0.3 is 0 Å². The molecule has 1 aromatic rings. The first-order valence-corrected chi connectivity index (χ1v) is 7.94. The van der Waals surface area contributed by atoms with Crippen LogP contribution >= 0.6 is 0 Å². The van der Waals surface area contributed by atoms with Crippen molar-refractivity contribution in [3.05, 3.63) is 29.8 Å². The zero-order valence-corrected chi connectivity index (χ0v) is 13.0. The van der Waals surface area contributed by atoms with Gasteiger partial charge in [0.2, 0.25) is 5.91 Å². The van der Waals surface area contributed by atoms with E-state index in [1.54, 1.807) is 0 Å². The van der Waals surface area contributed by atoms with E-state index in [0.717, 1.165) is 31.6 Å². The summed E-state index contributed by atoms with van der Waals surface area (Å²) in [5, 5.41) is 0. The normalized spacial score (nSPS) is 29.5. The lowest BCUT2D eigenvalue weighted by Crippen LogP contribution is -2.50. The molecule has 1 saturated heterocycles. The molecule has 1 amide bonds. The Morgan fingerprint density at radius 1 is 1.33 bits per heavy atom. The van der Waals surface area contributed by atoms with Gasteiger partial charge in [0, 0.05) is 30.9 Å². The van der Waals surface area contributed by atoms with Gasteiger partial charge in [-0.15, -0.1) is 0 Å². The molecule has 21 heavy (non-hydrogen) atoms. The Hall–Kier alpha value is -1.39. The van der Waals surface area contributed by atoms with Crippen LogP contribution in [0.2, 0.25) is 0 Å². The highest BCUT2D eigenvalue weighted by molar-refractivity contribution is 5.97. The van der Waals surface area contributed by atoms with Gasteiger partial charge in [0.05, 0.1) is 6.54 Å². The highest BCUT2D eigenvalue weighted by atomic mass is 16.2. The van der Waals surface area contributed by atoms with Crippen LogP contribution in [-0.2, 0) is 11.2 Å². The Labute approximate surface area is 126 Å². The molecule has 2 aliphatic rings. The van der Waals surface area contributed by atoms with Crippen LogP contribution in [-0.4, -0.2) is 42.5 Å². The lowest BCUT2D eigenvalue weighted by atomic mass is 9.95. The number of piperidine rings is 1. The third kappa shape index (κ3) is 2.83. The molecular weight excluding hydrogens is 262 g/mol. The minimum atomic E-state index is 0.218. The van der Waals surface area contributed by atoms with E-state index in [-0.39, 0.29) is 18.0 Å². The summed E-state index contributed by atoms with van der Waals surface area (Å²) in [4.78, 5) is 17.0. The monoisotopic (exact) mass is 287 g/mol. The van der Waals surface area contributed by atoms with Crippen LogP contribution in [0.25, 0.3) is 0 Å². The van der Waals surface area contributed by atoms with Crippen LogP contribution in [0.15, 0.2) is 24.3 Å². The van der Waals surface area contributed by atoms with Gasteiger partial charge in [-0.05, 0) is 37.3 Å². The Balaban J connectivity index is 1.69. The summed E-state index contributed by atoms with van der Waals surface area (Å²) in [6.45, 7) is 6.68. The number of hydrogen-bond acceptors (Lipinski definition) is 3. The molecule has 2 heterocycles. The van der Waals surface area contributed by atoms with Crippen molar-refractivity contribution in [2.45, 2.75) is 38.8 Å². The molecule has 114 valence electrons. The third-order valence-electron chi connectivity index (χ3n) is 4.89. The molecule has 3 rings (SSSR count). The van der Waals surface area contributed by atoms with Crippen LogP contribution in [0, 0.1) is 5.92 Å². The van der Waals surface area contributed by atoms with Crippen molar-refractivity contribution in [3.63, 3.8) is 0 Å². The average Bonchev–Trinajstić information content (AvgIpc) is 2.78. The van der Waals surface area contributed by atoms with Crippen molar-refractivity contribution in [2.75, 3.05) is 24.5 Å². The quantitative estimate of drug-likeness (QED) is 0.899. The molecule has 1 aromatic carbocycles. The lowest BCUT2D eigenvalue weighted by molar-refractivity contribution is -0.120. The van der Waals surface area contributed by atoms with Gasteiger partial charge in [0.25, 0.3) is 0 Å². The van der Waals surface area contributed by atoms with E-state index in [4.69, 9.17) is 5.73 Å². The molecule has 4 heteroatoms. The molecular formula is C17H25N3O. The minimum Gasteiger partial charge on any atom is -0.327 e. The Bertz CT molecular complexity index is 531. The summed E-state index contributed by atoms with van der Waals surface area (Å²) < 4.78 is 0. The van der Waals surface area contributed by atoms with E-state index in [1.807, 2.05) is 17.0 Å². The summed E-state index contributed by atoms with van der Waals surface area (Å²) >= 11 is 0. The zero-order chi connectivity index (χ0) is 15.0. The van der Waals surface area contributed by atoms with Gasteiger partial charge in [-0.2, -0.15) is 0 Å². The second-order valence-electron chi connectivity index (χ2n) is 6.61. The number of rotatable bonds is 2. The number of carbonyl (C=O) groups excluding carboxylic acids is 1. The van der Waals surface area contributed by atoms with Gasteiger partial charge in [-0.3, -0.25) is 9.69 Å². The summed E-state index contributed by atoms with van der Waals surface area (Å²) in [6.07, 6.45) is 1.95. The van der Waals surface area contributed by atoms with Gasteiger partial charge < -0.3 is 10.6 Å². The number of amides is 1. The summed E-state index contributed by atoms with van der Waals surface area (Å²) in [5.74, 6) is 0.685. The van der Waals surface area contributed by atoms with Gasteiger partial charge in [0.1, 0.15) is 0 Å². The molecule has 3 unspecified atom stereocenters. The van der Waals surface area contributed by atoms with Crippen molar-refractivity contribution in [1.82, 2.24) is 4.90 Å². The van der Waals surface area contributed by atoms with Crippen molar-refractivity contribution >= 4 is 11.6 Å². The Kier molecular flexibility index (Phi) is 4.00. The molecule has 1 fully saturated rings. The van der Waals surface area contributed by atoms with Crippen LogP contribution in [0.3, 0.4) is 0 Å². The lowest BCUT2D eigenvalue weighted by Gasteiger charge is -2.35. The smallest absolute Gasteiger partial charge is 0.241 e. The van der Waals surface area contributed by atoms with E-state index in [2.05, 4.69) is 30.9 Å². The first kappa shape index (κ1) is 14.5. The van der Waals surface area contributed by atoms with Crippen molar-refractivity contribution < 1.29 is 4.79 Å². The first-order chi connectivity index (χ1) is 10.1. The van der Waals surface area contributed by atoms with Crippen molar-refractivity contribution in [3.8, 4) is 0 Å². The van der Waals surface area contributed by atoms with Gasteiger partial charge in [-0.25, -0.2) is 0 Å². The second-order valence-corrected chi connectivity index (χ2v) is 6.61. The van der Waals surface area contributed by atoms with Gasteiger partial charge in [0.15, 0.2) is 0 Å². The van der Waals surface area contributed by atoms with E-state index in [1.165, 1.54) is 5.56 Å². The van der Waals surface area contributed by atoms with E-state index in [0.29, 0.717) is 12.5 Å². The maximum Gasteiger partial charge on any atom is 0.241 e. The predicted molar refractivity (Wildman–Crippen MR) is 85.3 cm³/mol. The number of fused-ring (bicyclic) bond motifs is 1. The van der Waals surface area contributed by atoms with Crippen LogP contribution in [0.4, 0.5) is 5.69 Å². The highest BCUT2D eigenvalue weighted by Gasteiger charge is 2.32. The summed E-state index contributed by atoms with van der Waals surface area (Å²) in [7, 11) is 0. The molecule has 0 saturated carbocycles. The van der Waals surface area contributed by atoms with Crippen LogP contribution in [0.5, 0.6) is 0 Å². The second kappa shape index (κ2) is 5.78. The zero-order valence-electron chi connectivity index (χ0n) is 13.0. The van der Waals surface area contributed by atoms with Crippen molar-refractivity contribution in [2.24, 2.45) is 11.7 Å². The summed E-state index contributed by atoms with van der Waals surface area (Å²) in [6, 6.07) is 8.79. The average molecular weight is 287 g/mol. The highest BCUT2D eigenvalue weighted by Crippen LogP contribution is 2.32. The number of anilines is 1. The molecule has 0 spiro atoms. The van der Waals surface area contributed by atoms with Crippen LogP contribution in [0.1, 0.15) is 25.8 Å². The maximum atomic E-state index is 12.7. The predicted octanol–water partition coefficient (Wildman–Crippen LogP) is 1.63. The largest absolute Gasteiger partial charge is 0.327 e. The fraction of sp³-hybridized carbons (Fsp3) is 0.588. The number of benzene rings is 1. The van der Waals surface area contributed by atoms with Crippen molar-refractivity contribution in [1.29, 1.82) is 0 Å². The van der Waals surface area contributed by atoms with E-state index in [9.17, 15) is 4.79 Å². The van der Waals surface area contributed by atoms with Crippen LogP contribution < -0.4 is 10.6 Å². The molecule has 2 N–H and O–H groups in total. The fourth-order valence-electron chi connectivity index (χ4n) is 3.61. The molecule has 3 atom stereocenters. The SMILES string of the molecule is CC1CN(CC(=O)N2c3ccccc3CC2C)CCC1N. The number of nitrogens with zero attached hydrogens (tertiary/aromatic N) is 2. The Morgan fingerprint density at radius 3 is 2.86 bits per heavy atom. The summed E-state index contributed by atoms with van der Waals surface area (Å²) in [5.41, 5.74) is 8.44. The maximum absolute atomic E-state index is 12.7. The third-order valence-corrected chi connectivity index (χ3v) is 4.89. The number of para-hydroxylation sites is 1. The molecule has 2 aliphatic heterocycles.